The summed E-state index contributed by atoms with van der Waals surface area (Å²) in [7, 11) is 0. The van der Waals surface area contributed by atoms with Gasteiger partial charge in [-0.15, -0.1) is 0 Å². The van der Waals surface area contributed by atoms with Gasteiger partial charge in [0.1, 0.15) is 11.9 Å². The van der Waals surface area contributed by atoms with E-state index in [1.54, 1.807) is 0 Å². The van der Waals surface area contributed by atoms with Crippen LogP contribution in [-0.4, -0.2) is 0 Å². The average molecular weight is 397 g/mol. The molecule has 1 aliphatic rings. The molecule has 0 spiro atoms. The molecule has 3 rings (SSSR count). The van der Waals surface area contributed by atoms with Gasteiger partial charge in [0.25, 0.3) is 0 Å². The van der Waals surface area contributed by atoms with Gasteiger partial charge in [-0.2, -0.15) is 0 Å². The lowest BCUT2D eigenvalue weighted by molar-refractivity contribution is 0.161. The molecule has 2 aromatic rings. The van der Waals surface area contributed by atoms with Gasteiger partial charge >= 0.3 is 0 Å². The molecule has 1 heterocycles. The van der Waals surface area contributed by atoms with Gasteiger partial charge in [0.15, 0.2) is 0 Å². The van der Waals surface area contributed by atoms with Crippen molar-refractivity contribution >= 4 is 31.9 Å². The second-order valence-electron chi connectivity index (χ2n) is 5.14. The largest absolute Gasteiger partial charge is 0.485 e. The van der Waals surface area contributed by atoms with Crippen molar-refractivity contribution < 1.29 is 4.74 Å². The Hall–Kier alpha value is -0.840. The molecule has 0 saturated heterocycles. The van der Waals surface area contributed by atoms with Crippen molar-refractivity contribution in [3.8, 4) is 5.75 Å². The fourth-order valence-electron chi connectivity index (χ4n) is 2.49. The zero-order valence-electron chi connectivity index (χ0n) is 11.1. The first-order chi connectivity index (χ1) is 9.54. The molecule has 0 fully saturated rings. The molecule has 0 aliphatic carbocycles. The summed E-state index contributed by atoms with van der Waals surface area (Å²) in [5, 5.41) is 0. The normalized spacial score (nSPS) is 21.2. The summed E-state index contributed by atoms with van der Waals surface area (Å²) in [4.78, 5) is 0. The predicted molar refractivity (Wildman–Crippen MR) is 87.9 cm³/mol. The molecule has 0 amide bonds. The number of benzene rings is 2. The molecule has 20 heavy (non-hydrogen) atoms. The summed E-state index contributed by atoms with van der Waals surface area (Å²) in [6.07, 6.45) is 0.799. The van der Waals surface area contributed by atoms with E-state index >= 15 is 0 Å². The smallest absolute Gasteiger partial charge is 0.126 e. The molecule has 0 saturated carbocycles. The molecule has 2 unspecified atom stereocenters. The van der Waals surface area contributed by atoms with Gasteiger partial charge in [-0.25, -0.2) is 0 Å². The maximum absolute atomic E-state index is 6.29. The lowest BCUT2D eigenvalue weighted by Gasteiger charge is -2.31. The number of nitrogens with two attached hydrogens (primary N) is 1. The van der Waals surface area contributed by atoms with Crippen LogP contribution >= 0.6 is 31.9 Å². The molecule has 2 nitrogen and oxygen atoms in total. The van der Waals surface area contributed by atoms with E-state index in [0.717, 1.165) is 32.2 Å². The van der Waals surface area contributed by atoms with Crippen LogP contribution in [0.5, 0.6) is 5.75 Å². The van der Waals surface area contributed by atoms with Crippen LogP contribution in [0.1, 0.15) is 35.3 Å². The van der Waals surface area contributed by atoms with Crippen LogP contribution in [0, 0.1) is 6.92 Å². The fourth-order valence-corrected chi connectivity index (χ4v) is 3.23. The Balaban J connectivity index is 1.96. The third kappa shape index (κ3) is 2.65. The molecular weight excluding hydrogens is 382 g/mol. The summed E-state index contributed by atoms with van der Waals surface area (Å²) in [6.45, 7) is 2.08. The van der Waals surface area contributed by atoms with Gasteiger partial charge in [0.2, 0.25) is 0 Å². The van der Waals surface area contributed by atoms with Crippen molar-refractivity contribution in [2.45, 2.75) is 25.5 Å². The summed E-state index contributed by atoms with van der Waals surface area (Å²) < 4.78 is 8.25. The number of aryl methyl sites for hydroxylation is 1. The first kappa shape index (κ1) is 14.1. The number of rotatable bonds is 1. The average Bonchev–Trinajstić information content (AvgIpc) is 2.41. The van der Waals surface area contributed by atoms with Crippen LogP contribution in [0.25, 0.3) is 0 Å². The van der Waals surface area contributed by atoms with E-state index in [2.05, 4.69) is 57.0 Å². The molecular formula is C16H15Br2NO. The minimum atomic E-state index is 0.00343. The van der Waals surface area contributed by atoms with Crippen molar-refractivity contribution in [3.63, 3.8) is 0 Å². The van der Waals surface area contributed by atoms with E-state index in [4.69, 9.17) is 10.5 Å². The first-order valence-corrected chi connectivity index (χ1v) is 8.11. The van der Waals surface area contributed by atoms with Gasteiger partial charge < -0.3 is 10.5 Å². The van der Waals surface area contributed by atoms with E-state index in [9.17, 15) is 0 Å². The van der Waals surface area contributed by atoms with Crippen LogP contribution in [-0.2, 0) is 0 Å². The number of ether oxygens (including phenoxy) is 1. The molecule has 0 radical (unpaired) electrons. The summed E-state index contributed by atoms with van der Waals surface area (Å²) in [5.74, 6) is 0.875. The van der Waals surface area contributed by atoms with Gasteiger partial charge in [0, 0.05) is 27.0 Å². The lowest BCUT2D eigenvalue weighted by Crippen LogP contribution is -2.24. The molecule has 2 atom stereocenters. The Morgan fingerprint density at radius 1 is 1.15 bits per heavy atom. The Kier molecular flexibility index (Phi) is 3.89. The van der Waals surface area contributed by atoms with Crippen LogP contribution in [0.15, 0.2) is 45.3 Å². The van der Waals surface area contributed by atoms with Gasteiger partial charge in [-0.1, -0.05) is 50.1 Å². The van der Waals surface area contributed by atoms with Crippen molar-refractivity contribution in [2.24, 2.45) is 5.73 Å². The molecule has 0 bridgehead atoms. The van der Waals surface area contributed by atoms with Crippen molar-refractivity contribution in [3.05, 3.63) is 62.0 Å². The van der Waals surface area contributed by atoms with Gasteiger partial charge in [-0.3, -0.25) is 0 Å². The SMILES string of the molecule is Cc1ccc(C2CC(N)c3ccc(Br)cc3O2)cc1Br. The quantitative estimate of drug-likeness (QED) is 0.732. The zero-order chi connectivity index (χ0) is 14.3. The van der Waals surface area contributed by atoms with Gasteiger partial charge in [0.05, 0.1) is 0 Å². The molecule has 1 aliphatic heterocycles. The summed E-state index contributed by atoms with van der Waals surface area (Å²) >= 11 is 7.06. The highest BCUT2D eigenvalue weighted by Crippen LogP contribution is 2.41. The Morgan fingerprint density at radius 3 is 2.70 bits per heavy atom. The maximum Gasteiger partial charge on any atom is 0.126 e. The number of halogens is 2. The number of fused-ring (bicyclic) bond motifs is 1. The van der Waals surface area contributed by atoms with Crippen molar-refractivity contribution in [2.75, 3.05) is 0 Å². The van der Waals surface area contributed by atoms with E-state index < -0.39 is 0 Å². The molecule has 2 N–H and O–H groups in total. The van der Waals surface area contributed by atoms with Crippen LogP contribution in [0.4, 0.5) is 0 Å². The lowest BCUT2D eigenvalue weighted by atomic mass is 9.93. The van der Waals surface area contributed by atoms with Crippen LogP contribution < -0.4 is 10.5 Å². The second kappa shape index (κ2) is 5.51. The third-order valence-corrected chi connectivity index (χ3v) is 5.03. The Morgan fingerprint density at radius 2 is 1.95 bits per heavy atom. The summed E-state index contributed by atoms with van der Waals surface area (Å²) in [6, 6.07) is 12.4. The van der Waals surface area contributed by atoms with E-state index in [-0.39, 0.29) is 12.1 Å². The highest BCUT2D eigenvalue weighted by Gasteiger charge is 2.27. The third-order valence-electron chi connectivity index (χ3n) is 3.68. The van der Waals surface area contributed by atoms with E-state index in [0.29, 0.717) is 0 Å². The highest BCUT2D eigenvalue weighted by atomic mass is 79.9. The molecule has 104 valence electrons. The van der Waals surface area contributed by atoms with Crippen LogP contribution in [0.3, 0.4) is 0 Å². The van der Waals surface area contributed by atoms with E-state index in [1.807, 2.05) is 18.2 Å². The fraction of sp³-hybridized carbons (Fsp3) is 0.250. The Bertz CT molecular complexity index is 657. The van der Waals surface area contributed by atoms with Crippen LogP contribution in [0.2, 0.25) is 0 Å². The van der Waals surface area contributed by atoms with Crippen molar-refractivity contribution in [1.82, 2.24) is 0 Å². The minimum Gasteiger partial charge on any atom is -0.485 e. The molecule has 0 aromatic heterocycles. The Labute approximate surface area is 135 Å². The maximum atomic E-state index is 6.29. The minimum absolute atomic E-state index is 0.00343. The van der Waals surface area contributed by atoms with Gasteiger partial charge in [-0.05, 0) is 36.2 Å². The number of hydrogen-bond acceptors (Lipinski definition) is 2. The molecule has 4 heteroatoms. The molecule has 2 aromatic carbocycles. The highest BCUT2D eigenvalue weighted by molar-refractivity contribution is 9.10. The topological polar surface area (TPSA) is 35.2 Å². The second-order valence-corrected chi connectivity index (χ2v) is 6.91. The van der Waals surface area contributed by atoms with Crippen molar-refractivity contribution in [1.29, 1.82) is 0 Å². The number of hydrogen-bond donors (Lipinski definition) is 1. The summed E-state index contributed by atoms with van der Waals surface area (Å²) in [5.41, 5.74) is 9.74. The van der Waals surface area contributed by atoms with E-state index in [1.165, 1.54) is 5.56 Å². The predicted octanol–water partition coefficient (Wildman–Crippen LogP) is 5.04. The monoisotopic (exact) mass is 395 g/mol. The zero-order valence-corrected chi connectivity index (χ0v) is 14.2. The standard InChI is InChI=1S/C16H15Br2NO/c1-9-2-3-10(6-13(9)18)15-8-14(19)12-5-4-11(17)7-16(12)20-15/h2-7,14-15H,8,19H2,1H3. The first-order valence-electron chi connectivity index (χ1n) is 6.52.